The lowest BCUT2D eigenvalue weighted by molar-refractivity contribution is 0.0822. The number of anilines is 1. The van der Waals surface area contributed by atoms with Crippen molar-refractivity contribution in [3.63, 3.8) is 0 Å². The first-order valence-electron chi connectivity index (χ1n) is 6.92. The number of hydrogen-bond acceptors (Lipinski definition) is 3. The van der Waals surface area contributed by atoms with Crippen molar-refractivity contribution in [3.8, 4) is 0 Å². The van der Waals surface area contributed by atoms with E-state index in [-0.39, 0.29) is 5.91 Å². The summed E-state index contributed by atoms with van der Waals surface area (Å²) in [5.41, 5.74) is 3.70. The Balaban J connectivity index is 2.01. The van der Waals surface area contributed by atoms with Crippen LogP contribution in [0.5, 0.6) is 0 Å². The van der Waals surface area contributed by atoms with E-state index >= 15 is 0 Å². The van der Waals surface area contributed by atoms with Crippen LogP contribution in [0.3, 0.4) is 0 Å². The van der Waals surface area contributed by atoms with Gasteiger partial charge in [0.05, 0.1) is 6.54 Å². The molecule has 0 fully saturated rings. The summed E-state index contributed by atoms with van der Waals surface area (Å²) in [5.74, 6) is 0.859. The van der Waals surface area contributed by atoms with Gasteiger partial charge in [-0.05, 0) is 42.2 Å². The second-order valence-electron chi connectivity index (χ2n) is 5.19. The van der Waals surface area contributed by atoms with Crippen molar-refractivity contribution in [1.82, 2.24) is 9.88 Å². The van der Waals surface area contributed by atoms with Crippen molar-refractivity contribution in [2.24, 2.45) is 0 Å². The fraction of sp³-hybridized carbons (Fsp3) is 0.312. The summed E-state index contributed by atoms with van der Waals surface area (Å²) in [6.07, 6.45) is 2.05. The highest BCUT2D eigenvalue weighted by Crippen LogP contribution is 2.24. The topological polar surface area (TPSA) is 48.1 Å². The van der Waals surface area contributed by atoms with Crippen LogP contribution in [0.1, 0.15) is 21.7 Å². The van der Waals surface area contributed by atoms with Crippen molar-refractivity contribution in [3.05, 3.63) is 52.3 Å². The van der Waals surface area contributed by atoms with E-state index in [1.807, 2.05) is 18.2 Å². The molecule has 0 aliphatic rings. The van der Waals surface area contributed by atoms with Gasteiger partial charge in [0.25, 0.3) is 5.91 Å². The van der Waals surface area contributed by atoms with Crippen LogP contribution in [-0.4, -0.2) is 36.1 Å². The van der Waals surface area contributed by atoms with Crippen LogP contribution in [0.25, 0.3) is 0 Å². The molecule has 1 amide bonds. The second-order valence-corrected chi connectivity index (χ2v) is 6.46. The Morgan fingerprint density at radius 1 is 1.32 bits per heavy atom. The molecule has 0 bridgehead atoms. The number of carbonyl (C=O) groups excluding carboxylic acids is 1. The van der Waals surface area contributed by atoms with Crippen molar-refractivity contribution in [2.45, 2.75) is 12.3 Å². The van der Waals surface area contributed by atoms with Gasteiger partial charge in [-0.25, -0.2) is 0 Å². The molecule has 2 rings (SSSR count). The number of carbonyl (C=O) groups is 1. The van der Waals surface area contributed by atoms with E-state index in [1.165, 1.54) is 0 Å². The minimum absolute atomic E-state index is 0.0278. The molecule has 4 nitrogen and oxygen atoms in total. The number of H-pyrrole nitrogens is 1. The van der Waals surface area contributed by atoms with Crippen LogP contribution in [0, 0.1) is 0 Å². The smallest absolute Gasteiger partial charge is 0.269 e. The number of benzene rings is 1. The monoisotopic (exact) mass is 337 g/mol. The predicted octanol–water partition coefficient (Wildman–Crippen LogP) is 3.85. The summed E-state index contributed by atoms with van der Waals surface area (Å²) in [6, 6.07) is 9.66. The number of nitrogens with zero attached hydrogens (tertiary/aromatic N) is 1. The molecule has 1 aromatic carbocycles. The van der Waals surface area contributed by atoms with Crippen molar-refractivity contribution < 1.29 is 4.79 Å². The average Bonchev–Trinajstić information content (AvgIpc) is 2.96. The molecule has 1 heterocycles. The summed E-state index contributed by atoms with van der Waals surface area (Å²) >= 11 is 7.91. The van der Waals surface area contributed by atoms with Crippen molar-refractivity contribution in [1.29, 1.82) is 0 Å². The van der Waals surface area contributed by atoms with E-state index in [1.54, 1.807) is 36.8 Å². The van der Waals surface area contributed by atoms with E-state index in [2.05, 4.69) is 22.6 Å². The molecule has 0 unspecified atom stereocenters. The van der Waals surface area contributed by atoms with Gasteiger partial charge in [0.2, 0.25) is 0 Å². The van der Waals surface area contributed by atoms with Crippen LogP contribution in [0.2, 0.25) is 5.02 Å². The lowest BCUT2D eigenvalue weighted by Crippen LogP contribution is -2.22. The van der Waals surface area contributed by atoms with Gasteiger partial charge >= 0.3 is 0 Å². The molecule has 0 aliphatic heterocycles. The van der Waals surface area contributed by atoms with Crippen LogP contribution in [0.15, 0.2) is 30.3 Å². The van der Waals surface area contributed by atoms with Gasteiger partial charge in [-0.15, -0.1) is 0 Å². The molecule has 0 aliphatic carbocycles. The molecule has 0 atom stereocenters. The number of amides is 1. The van der Waals surface area contributed by atoms with Gasteiger partial charge < -0.3 is 15.2 Å². The zero-order valence-electron chi connectivity index (χ0n) is 12.9. The normalized spacial score (nSPS) is 10.5. The number of thioether (sulfide) groups is 1. The molecule has 118 valence electrons. The summed E-state index contributed by atoms with van der Waals surface area (Å²) in [4.78, 5) is 16.5. The van der Waals surface area contributed by atoms with Gasteiger partial charge in [-0.3, -0.25) is 4.79 Å². The summed E-state index contributed by atoms with van der Waals surface area (Å²) in [5, 5.41) is 4.13. The van der Waals surface area contributed by atoms with E-state index in [9.17, 15) is 4.79 Å². The van der Waals surface area contributed by atoms with E-state index in [4.69, 9.17) is 11.6 Å². The van der Waals surface area contributed by atoms with Gasteiger partial charge in [0.1, 0.15) is 5.69 Å². The SMILES string of the molecule is CSCc1cc(NCc2ccc(C(=O)N(C)C)[nH]2)ccc1Cl. The molecule has 22 heavy (non-hydrogen) atoms. The molecular formula is C16H20ClN3OS. The molecule has 0 saturated heterocycles. The highest BCUT2D eigenvalue weighted by atomic mass is 35.5. The first-order valence-corrected chi connectivity index (χ1v) is 8.69. The maximum atomic E-state index is 11.8. The van der Waals surface area contributed by atoms with E-state index in [0.717, 1.165) is 27.7 Å². The van der Waals surface area contributed by atoms with E-state index < -0.39 is 0 Å². The number of hydrogen-bond donors (Lipinski definition) is 2. The minimum atomic E-state index is -0.0278. The highest BCUT2D eigenvalue weighted by molar-refractivity contribution is 7.97. The third kappa shape index (κ3) is 4.21. The number of nitrogens with one attached hydrogen (secondary N) is 2. The largest absolute Gasteiger partial charge is 0.379 e. The Morgan fingerprint density at radius 2 is 2.09 bits per heavy atom. The number of aromatic amines is 1. The summed E-state index contributed by atoms with van der Waals surface area (Å²) in [7, 11) is 3.48. The Kier molecular flexibility index (Phi) is 5.80. The zero-order valence-corrected chi connectivity index (χ0v) is 14.5. The van der Waals surface area contributed by atoms with Crippen molar-refractivity contribution in [2.75, 3.05) is 25.7 Å². The lowest BCUT2D eigenvalue weighted by atomic mass is 10.2. The molecular weight excluding hydrogens is 318 g/mol. The fourth-order valence-corrected chi connectivity index (χ4v) is 2.87. The van der Waals surface area contributed by atoms with Crippen molar-refractivity contribution >= 4 is 35.0 Å². The van der Waals surface area contributed by atoms with Crippen LogP contribution < -0.4 is 5.32 Å². The zero-order chi connectivity index (χ0) is 16.1. The molecule has 2 aromatic rings. The Hall–Kier alpha value is -1.59. The lowest BCUT2D eigenvalue weighted by Gasteiger charge is -2.09. The van der Waals surface area contributed by atoms with Crippen LogP contribution in [0.4, 0.5) is 5.69 Å². The molecule has 0 radical (unpaired) electrons. The Bertz CT molecular complexity index is 655. The maximum Gasteiger partial charge on any atom is 0.269 e. The summed E-state index contributed by atoms with van der Waals surface area (Å²) < 4.78 is 0. The fourth-order valence-electron chi connectivity index (χ4n) is 2.06. The first-order chi connectivity index (χ1) is 10.5. The maximum absolute atomic E-state index is 11.8. The quantitative estimate of drug-likeness (QED) is 0.841. The Labute approximate surface area is 140 Å². The highest BCUT2D eigenvalue weighted by Gasteiger charge is 2.10. The Morgan fingerprint density at radius 3 is 2.77 bits per heavy atom. The third-order valence-corrected chi connectivity index (χ3v) is 4.18. The number of halogens is 1. The van der Waals surface area contributed by atoms with Gasteiger partial charge in [0, 0.05) is 36.3 Å². The third-order valence-electron chi connectivity index (χ3n) is 3.21. The first kappa shape index (κ1) is 16.8. The molecule has 0 spiro atoms. The molecule has 6 heteroatoms. The van der Waals surface area contributed by atoms with E-state index in [0.29, 0.717) is 12.2 Å². The molecule has 0 saturated carbocycles. The standard InChI is InChI=1S/C16H20ClN3OS/c1-20(2)16(21)15-7-5-13(19-15)9-18-12-4-6-14(17)11(8-12)10-22-3/h4-8,18-19H,9-10H2,1-3H3. The van der Waals surface area contributed by atoms with Gasteiger partial charge in [-0.1, -0.05) is 11.6 Å². The van der Waals surface area contributed by atoms with Crippen LogP contribution >= 0.6 is 23.4 Å². The molecule has 2 N–H and O–H groups in total. The number of aromatic nitrogens is 1. The van der Waals surface area contributed by atoms with Gasteiger partial charge in [0.15, 0.2) is 0 Å². The van der Waals surface area contributed by atoms with Gasteiger partial charge in [-0.2, -0.15) is 11.8 Å². The molecule has 1 aromatic heterocycles. The number of rotatable bonds is 6. The predicted molar refractivity (Wildman–Crippen MR) is 94.8 cm³/mol. The van der Waals surface area contributed by atoms with Crippen LogP contribution in [-0.2, 0) is 12.3 Å². The summed E-state index contributed by atoms with van der Waals surface area (Å²) in [6.45, 7) is 0.626. The average molecular weight is 338 g/mol. The minimum Gasteiger partial charge on any atom is -0.379 e. The second kappa shape index (κ2) is 7.61.